The van der Waals surface area contributed by atoms with Crippen molar-refractivity contribution >= 4 is 0 Å². The lowest BCUT2D eigenvalue weighted by molar-refractivity contribution is 0.194. The first-order chi connectivity index (χ1) is 5.59. The number of benzene rings is 1. The van der Waals surface area contributed by atoms with E-state index in [0.717, 1.165) is 6.07 Å². The van der Waals surface area contributed by atoms with E-state index in [-0.39, 0.29) is 12.2 Å². The Morgan fingerprint density at radius 2 is 2.17 bits per heavy atom. The molecule has 2 nitrogen and oxygen atoms in total. The average molecular weight is 170 g/mol. The minimum atomic E-state index is -0.566. The molecule has 66 valence electrons. The molecule has 2 N–H and O–H groups in total. The van der Waals surface area contributed by atoms with Crippen LogP contribution in [-0.2, 0) is 6.42 Å². The van der Waals surface area contributed by atoms with E-state index in [2.05, 4.69) is 0 Å². The highest BCUT2D eigenvalue weighted by atomic mass is 19.1. The van der Waals surface area contributed by atoms with Crippen molar-refractivity contribution in [1.82, 2.24) is 0 Å². The third-order valence-corrected chi connectivity index (χ3v) is 1.55. The second-order valence-electron chi connectivity index (χ2n) is 2.83. The van der Waals surface area contributed by atoms with Crippen LogP contribution in [0.5, 0.6) is 5.75 Å². The third-order valence-electron chi connectivity index (χ3n) is 1.55. The van der Waals surface area contributed by atoms with Crippen molar-refractivity contribution < 1.29 is 14.6 Å². The zero-order chi connectivity index (χ0) is 9.14. The van der Waals surface area contributed by atoms with Crippen LogP contribution in [0.15, 0.2) is 18.2 Å². The zero-order valence-electron chi connectivity index (χ0n) is 6.79. The molecule has 1 rings (SSSR count). The van der Waals surface area contributed by atoms with Gasteiger partial charge in [0.2, 0.25) is 0 Å². The average Bonchev–Trinajstić information content (AvgIpc) is 1.94. The Bertz CT molecular complexity index is 271. The van der Waals surface area contributed by atoms with Gasteiger partial charge in [0.1, 0.15) is 11.6 Å². The second kappa shape index (κ2) is 3.54. The largest absolute Gasteiger partial charge is 0.508 e. The lowest BCUT2D eigenvalue weighted by Gasteiger charge is -2.05. The number of phenolic OH excluding ortho intramolecular Hbond substituents is 1. The Morgan fingerprint density at radius 3 is 2.67 bits per heavy atom. The van der Waals surface area contributed by atoms with Gasteiger partial charge in [-0.3, -0.25) is 0 Å². The molecule has 12 heavy (non-hydrogen) atoms. The molecule has 0 fully saturated rings. The summed E-state index contributed by atoms with van der Waals surface area (Å²) in [5, 5.41) is 17.8. The normalized spacial score (nSPS) is 12.9. The van der Waals surface area contributed by atoms with Gasteiger partial charge < -0.3 is 10.2 Å². The molecule has 0 amide bonds. The van der Waals surface area contributed by atoms with Crippen LogP contribution < -0.4 is 0 Å². The van der Waals surface area contributed by atoms with Crippen molar-refractivity contribution in [1.29, 1.82) is 0 Å². The summed E-state index contributed by atoms with van der Waals surface area (Å²) < 4.78 is 12.9. The van der Waals surface area contributed by atoms with Crippen LogP contribution in [0.1, 0.15) is 12.5 Å². The molecule has 0 aliphatic rings. The fraction of sp³-hybridized carbons (Fsp3) is 0.333. The minimum absolute atomic E-state index is 0.0955. The quantitative estimate of drug-likeness (QED) is 0.705. The summed E-state index contributed by atoms with van der Waals surface area (Å²) in [5.74, 6) is -0.572. The first-order valence-electron chi connectivity index (χ1n) is 3.75. The van der Waals surface area contributed by atoms with Crippen molar-refractivity contribution in [2.24, 2.45) is 0 Å². The van der Waals surface area contributed by atoms with Crippen LogP contribution in [0.2, 0.25) is 0 Å². The minimum Gasteiger partial charge on any atom is -0.508 e. The summed E-state index contributed by atoms with van der Waals surface area (Å²) in [4.78, 5) is 0. The van der Waals surface area contributed by atoms with Crippen LogP contribution in [-0.4, -0.2) is 16.3 Å². The van der Waals surface area contributed by atoms with E-state index >= 15 is 0 Å². The predicted molar refractivity (Wildman–Crippen MR) is 43.4 cm³/mol. The summed E-state index contributed by atoms with van der Waals surface area (Å²) in [6.45, 7) is 1.59. The molecule has 3 heteroatoms. The molecule has 0 aromatic heterocycles. The van der Waals surface area contributed by atoms with Crippen molar-refractivity contribution in [2.75, 3.05) is 0 Å². The SMILES string of the molecule is CC(O)Cc1ccc(O)cc1F. The molecule has 0 saturated heterocycles. The van der Waals surface area contributed by atoms with Gasteiger partial charge in [0, 0.05) is 12.5 Å². The number of phenols is 1. The highest BCUT2D eigenvalue weighted by Gasteiger charge is 2.05. The van der Waals surface area contributed by atoms with Gasteiger partial charge in [0.25, 0.3) is 0 Å². The summed E-state index contributed by atoms with van der Waals surface area (Å²) in [6, 6.07) is 3.91. The molecule has 1 atom stereocenters. The standard InChI is InChI=1S/C9H11FO2/c1-6(11)4-7-2-3-8(12)5-9(7)10/h2-3,5-6,11-12H,4H2,1H3. The maximum Gasteiger partial charge on any atom is 0.130 e. The maximum absolute atomic E-state index is 12.9. The number of aliphatic hydroxyl groups excluding tert-OH is 1. The van der Waals surface area contributed by atoms with Gasteiger partial charge in [0.05, 0.1) is 6.10 Å². The van der Waals surface area contributed by atoms with Gasteiger partial charge >= 0.3 is 0 Å². The molecule has 0 saturated carbocycles. The van der Waals surface area contributed by atoms with Gasteiger partial charge in [-0.2, -0.15) is 0 Å². The molecule has 0 spiro atoms. The summed E-state index contributed by atoms with van der Waals surface area (Å²) in [7, 11) is 0. The summed E-state index contributed by atoms with van der Waals surface area (Å²) in [6.07, 6.45) is -0.296. The molecule has 0 bridgehead atoms. The summed E-state index contributed by atoms with van der Waals surface area (Å²) >= 11 is 0. The lowest BCUT2D eigenvalue weighted by Crippen LogP contribution is -2.05. The van der Waals surface area contributed by atoms with E-state index in [0.29, 0.717) is 5.56 Å². The molecule has 0 aliphatic heterocycles. The topological polar surface area (TPSA) is 40.5 Å². The van der Waals surface area contributed by atoms with E-state index < -0.39 is 11.9 Å². The number of halogens is 1. The van der Waals surface area contributed by atoms with Crippen LogP contribution in [0, 0.1) is 5.82 Å². The highest BCUT2D eigenvalue weighted by molar-refractivity contribution is 5.27. The molecule has 1 aromatic carbocycles. The van der Waals surface area contributed by atoms with Crippen LogP contribution in [0.3, 0.4) is 0 Å². The fourth-order valence-corrected chi connectivity index (χ4v) is 1.02. The van der Waals surface area contributed by atoms with Gasteiger partial charge in [0.15, 0.2) is 0 Å². The van der Waals surface area contributed by atoms with Crippen LogP contribution in [0.4, 0.5) is 4.39 Å². The number of aliphatic hydroxyl groups is 1. The monoisotopic (exact) mass is 170 g/mol. The molecular formula is C9H11FO2. The van der Waals surface area contributed by atoms with E-state index in [1.807, 2.05) is 0 Å². The maximum atomic E-state index is 12.9. The molecule has 0 radical (unpaired) electrons. The molecule has 0 aliphatic carbocycles. The highest BCUT2D eigenvalue weighted by Crippen LogP contribution is 2.16. The van der Waals surface area contributed by atoms with Crippen molar-refractivity contribution in [3.8, 4) is 5.75 Å². The summed E-state index contributed by atoms with van der Waals surface area (Å²) in [5.41, 5.74) is 0.419. The Hall–Kier alpha value is -1.09. The third kappa shape index (κ3) is 2.20. The van der Waals surface area contributed by atoms with Crippen LogP contribution >= 0.6 is 0 Å². The smallest absolute Gasteiger partial charge is 0.130 e. The number of hydrogen-bond donors (Lipinski definition) is 2. The van der Waals surface area contributed by atoms with E-state index in [1.165, 1.54) is 12.1 Å². The molecular weight excluding hydrogens is 159 g/mol. The lowest BCUT2D eigenvalue weighted by atomic mass is 10.1. The van der Waals surface area contributed by atoms with Crippen molar-refractivity contribution in [3.63, 3.8) is 0 Å². The first-order valence-corrected chi connectivity index (χ1v) is 3.75. The van der Waals surface area contributed by atoms with Gasteiger partial charge in [-0.15, -0.1) is 0 Å². The zero-order valence-corrected chi connectivity index (χ0v) is 6.79. The van der Waals surface area contributed by atoms with E-state index in [4.69, 9.17) is 10.2 Å². The molecule has 1 aromatic rings. The Labute approximate surface area is 70.3 Å². The van der Waals surface area contributed by atoms with Gasteiger partial charge in [-0.05, 0) is 18.6 Å². The second-order valence-corrected chi connectivity index (χ2v) is 2.83. The number of aromatic hydroxyl groups is 1. The first kappa shape index (κ1) is 9.00. The Balaban J connectivity index is 2.86. The Morgan fingerprint density at radius 1 is 1.50 bits per heavy atom. The van der Waals surface area contributed by atoms with Crippen molar-refractivity contribution in [3.05, 3.63) is 29.6 Å². The predicted octanol–water partition coefficient (Wildman–Crippen LogP) is 1.45. The van der Waals surface area contributed by atoms with Gasteiger partial charge in [-0.25, -0.2) is 4.39 Å². The van der Waals surface area contributed by atoms with E-state index in [1.54, 1.807) is 6.92 Å². The number of hydrogen-bond acceptors (Lipinski definition) is 2. The fourth-order valence-electron chi connectivity index (χ4n) is 1.02. The van der Waals surface area contributed by atoms with Crippen molar-refractivity contribution in [2.45, 2.75) is 19.4 Å². The molecule has 0 heterocycles. The molecule has 1 unspecified atom stereocenters. The number of rotatable bonds is 2. The van der Waals surface area contributed by atoms with Gasteiger partial charge in [-0.1, -0.05) is 6.07 Å². The van der Waals surface area contributed by atoms with E-state index in [9.17, 15) is 4.39 Å². The Kier molecular flexibility index (Phi) is 2.65. The van der Waals surface area contributed by atoms with Crippen LogP contribution in [0.25, 0.3) is 0 Å².